The molecular weight excluding hydrogens is 256 g/mol. The Balaban J connectivity index is 2.75. The monoisotopic (exact) mass is 272 g/mol. The first-order chi connectivity index (χ1) is 8.33. The van der Waals surface area contributed by atoms with Gasteiger partial charge in [0.15, 0.2) is 0 Å². The maximum Gasteiger partial charge on any atom is 0.255 e. The third-order valence-electron chi connectivity index (χ3n) is 2.23. The second-order valence-corrected chi connectivity index (χ2v) is 6.11. The number of anilines is 1. The van der Waals surface area contributed by atoms with Crippen LogP contribution in [0.5, 0.6) is 5.75 Å². The Morgan fingerprint density at radius 1 is 1.44 bits per heavy atom. The molecule has 18 heavy (non-hydrogen) atoms. The number of nitrogens with one attached hydrogen (secondary N) is 1. The van der Waals surface area contributed by atoms with Gasteiger partial charge in [0.2, 0.25) is 0 Å². The number of sulfone groups is 1. The molecule has 7 heteroatoms. The quantitative estimate of drug-likeness (QED) is 0.738. The van der Waals surface area contributed by atoms with E-state index in [1.165, 1.54) is 13.2 Å². The summed E-state index contributed by atoms with van der Waals surface area (Å²) in [5.41, 5.74) is 6.30. The zero-order valence-corrected chi connectivity index (χ0v) is 11.1. The van der Waals surface area contributed by atoms with E-state index in [0.717, 1.165) is 6.26 Å². The highest BCUT2D eigenvalue weighted by molar-refractivity contribution is 7.90. The van der Waals surface area contributed by atoms with E-state index in [9.17, 15) is 13.2 Å². The average Bonchev–Trinajstić information content (AvgIpc) is 2.27. The molecule has 0 bridgehead atoms. The highest BCUT2D eigenvalue weighted by atomic mass is 32.2. The van der Waals surface area contributed by atoms with E-state index in [1.807, 2.05) is 0 Å². The summed E-state index contributed by atoms with van der Waals surface area (Å²) in [4.78, 5) is 11.8. The number of carbonyl (C=O) groups is 1. The lowest BCUT2D eigenvalue weighted by Gasteiger charge is -2.09. The fraction of sp³-hybridized carbons (Fsp3) is 0.364. The fourth-order valence-electron chi connectivity index (χ4n) is 1.35. The van der Waals surface area contributed by atoms with Crippen LogP contribution in [-0.4, -0.2) is 40.0 Å². The molecule has 6 nitrogen and oxygen atoms in total. The van der Waals surface area contributed by atoms with Crippen molar-refractivity contribution in [3.8, 4) is 5.75 Å². The third-order valence-corrected chi connectivity index (χ3v) is 3.17. The Morgan fingerprint density at radius 3 is 2.67 bits per heavy atom. The van der Waals surface area contributed by atoms with Gasteiger partial charge in [0.1, 0.15) is 15.6 Å². The van der Waals surface area contributed by atoms with Gasteiger partial charge < -0.3 is 15.8 Å². The first-order valence-electron chi connectivity index (χ1n) is 5.23. The number of rotatable bonds is 5. The Hall–Kier alpha value is -1.76. The van der Waals surface area contributed by atoms with Gasteiger partial charge in [-0.15, -0.1) is 0 Å². The summed E-state index contributed by atoms with van der Waals surface area (Å²) in [7, 11) is -1.65. The summed E-state index contributed by atoms with van der Waals surface area (Å²) in [5, 5.41) is 2.50. The minimum absolute atomic E-state index is 0.0512. The van der Waals surface area contributed by atoms with Crippen molar-refractivity contribution in [3.05, 3.63) is 23.8 Å². The Bertz CT molecular complexity index is 540. The number of methoxy groups -OCH3 is 1. The Labute approximate surface area is 106 Å². The van der Waals surface area contributed by atoms with E-state index in [-0.39, 0.29) is 17.9 Å². The topological polar surface area (TPSA) is 98.5 Å². The lowest BCUT2D eigenvalue weighted by Crippen LogP contribution is -2.29. The predicted molar refractivity (Wildman–Crippen MR) is 69.5 cm³/mol. The van der Waals surface area contributed by atoms with E-state index in [4.69, 9.17) is 10.5 Å². The smallest absolute Gasteiger partial charge is 0.255 e. The van der Waals surface area contributed by atoms with E-state index in [1.54, 1.807) is 12.1 Å². The number of benzene rings is 1. The molecule has 1 rings (SSSR count). The summed E-state index contributed by atoms with van der Waals surface area (Å²) in [6.07, 6.45) is 1.11. The molecule has 0 fully saturated rings. The van der Waals surface area contributed by atoms with E-state index in [2.05, 4.69) is 5.32 Å². The largest absolute Gasteiger partial charge is 0.496 e. The minimum atomic E-state index is -3.10. The zero-order valence-electron chi connectivity index (χ0n) is 10.3. The Morgan fingerprint density at radius 2 is 2.11 bits per heavy atom. The maximum absolute atomic E-state index is 11.8. The van der Waals surface area contributed by atoms with E-state index < -0.39 is 15.7 Å². The third kappa shape index (κ3) is 4.25. The van der Waals surface area contributed by atoms with Gasteiger partial charge in [0.25, 0.3) is 5.91 Å². The van der Waals surface area contributed by atoms with Gasteiger partial charge in [-0.1, -0.05) is 0 Å². The Kier molecular flexibility index (Phi) is 4.55. The molecule has 1 aromatic carbocycles. The predicted octanol–water partition coefficient (Wildman–Crippen LogP) is 0.0518. The van der Waals surface area contributed by atoms with Crippen molar-refractivity contribution in [1.82, 2.24) is 5.32 Å². The molecule has 3 N–H and O–H groups in total. The normalized spacial score (nSPS) is 11.0. The molecule has 0 heterocycles. The van der Waals surface area contributed by atoms with Crippen LogP contribution < -0.4 is 15.8 Å². The number of hydrogen-bond donors (Lipinski definition) is 2. The highest BCUT2D eigenvalue weighted by Gasteiger charge is 2.13. The van der Waals surface area contributed by atoms with Crippen LogP contribution in [0.1, 0.15) is 10.4 Å². The second-order valence-electron chi connectivity index (χ2n) is 3.85. The van der Waals surface area contributed by atoms with Crippen LogP contribution in [0.15, 0.2) is 18.2 Å². The van der Waals surface area contributed by atoms with Crippen molar-refractivity contribution in [3.63, 3.8) is 0 Å². The molecule has 0 aliphatic rings. The van der Waals surface area contributed by atoms with Crippen LogP contribution in [-0.2, 0) is 9.84 Å². The molecule has 1 amide bonds. The van der Waals surface area contributed by atoms with Crippen LogP contribution in [0.4, 0.5) is 5.69 Å². The highest BCUT2D eigenvalue weighted by Crippen LogP contribution is 2.20. The van der Waals surface area contributed by atoms with Crippen LogP contribution in [0, 0.1) is 0 Å². The van der Waals surface area contributed by atoms with Crippen LogP contribution >= 0.6 is 0 Å². The average molecular weight is 272 g/mol. The number of ether oxygens (including phenoxy) is 1. The van der Waals surface area contributed by atoms with Crippen molar-refractivity contribution < 1.29 is 17.9 Å². The van der Waals surface area contributed by atoms with Gasteiger partial charge in [-0.2, -0.15) is 0 Å². The minimum Gasteiger partial charge on any atom is -0.496 e. The number of hydrogen-bond acceptors (Lipinski definition) is 5. The molecule has 0 aliphatic heterocycles. The number of nitrogens with two attached hydrogens (primary N) is 1. The molecule has 0 atom stereocenters. The summed E-state index contributed by atoms with van der Waals surface area (Å²) in [6.45, 7) is 0.0512. The van der Waals surface area contributed by atoms with Gasteiger partial charge in [0.05, 0.1) is 18.4 Å². The second kappa shape index (κ2) is 5.72. The van der Waals surface area contributed by atoms with Crippen molar-refractivity contribution in [2.45, 2.75) is 0 Å². The SMILES string of the molecule is COc1ccc(N)cc1C(=O)NCCS(C)(=O)=O. The van der Waals surface area contributed by atoms with E-state index >= 15 is 0 Å². The molecule has 0 unspecified atom stereocenters. The molecule has 0 saturated carbocycles. The fourth-order valence-corrected chi connectivity index (χ4v) is 1.82. The van der Waals surface area contributed by atoms with Gasteiger partial charge >= 0.3 is 0 Å². The first-order valence-corrected chi connectivity index (χ1v) is 7.29. The van der Waals surface area contributed by atoms with E-state index in [0.29, 0.717) is 11.4 Å². The molecule has 0 spiro atoms. The van der Waals surface area contributed by atoms with Crippen molar-refractivity contribution in [2.75, 3.05) is 31.4 Å². The molecule has 0 aromatic heterocycles. The van der Waals surface area contributed by atoms with Crippen LogP contribution in [0.2, 0.25) is 0 Å². The van der Waals surface area contributed by atoms with Gasteiger partial charge in [-0.05, 0) is 18.2 Å². The number of nitrogen functional groups attached to an aromatic ring is 1. The van der Waals surface area contributed by atoms with Crippen molar-refractivity contribution in [2.24, 2.45) is 0 Å². The number of amides is 1. The molecule has 100 valence electrons. The molecule has 0 radical (unpaired) electrons. The van der Waals surface area contributed by atoms with Crippen molar-refractivity contribution in [1.29, 1.82) is 0 Å². The van der Waals surface area contributed by atoms with Crippen LogP contribution in [0.3, 0.4) is 0 Å². The lowest BCUT2D eigenvalue weighted by molar-refractivity contribution is 0.0953. The summed E-state index contributed by atoms with van der Waals surface area (Å²) >= 11 is 0. The summed E-state index contributed by atoms with van der Waals surface area (Å²) < 4.78 is 26.9. The molecule has 0 saturated heterocycles. The summed E-state index contributed by atoms with van der Waals surface area (Å²) in [6, 6.07) is 4.68. The molecular formula is C11H16N2O4S. The van der Waals surface area contributed by atoms with Gasteiger partial charge in [-0.3, -0.25) is 4.79 Å². The lowest BCUT2D eigenvalue weighted by atomic mass is 10.1. The maximum atomic E-state index is 11.8. The molecule has 1 aromatic rings. The standard InChI is InChI=1S/C11H16N2O4S/c1-17-10-4-3-8(12)7-9(10)11(14)13-5-6-18(2,15)16/h3-4,7H,5-6,12H2,1-2H3,(H,13,14). The van der Waals surface area contributed by atoms with Gasteiger partial charge in [-0.25, -0.2) is 8.42 Å². The van der Waals surface area contributed by atoms with Crippen LogP contribution in [0.25, 0.3) is 0 Å². The number of carbonyl (C=O) groups excluding carboxylic acids is 1. The molecule has 0 aliphatic carbocycles. The summed E-state index contributed by atoms with van der Waals surface area (Å²) in [5.74, 6) is -0.132. The van der Waals surface area contributed by atoms with Crippen molar-refractivity contribution >= 4 is 21.4 Å². The zero-order chi connectivity index (χ0) is 13.8. The first kappa shape index (κ1) is 14.3. The van der Waals surface area contributed by atoms with Gasteiger partial charge in [0, 0.05) is 18.5 Å².